The standard InChI is InChI=1S/C26H23ClN2O5S/c1-5-12-34-19-9-7-6-8-16(19)13-21-24(30)29-23(18-14-17(27)10-11-20(18)32-3)22(25(31)33-4)15(2)28-26(29)35-21/h5-11,13-14,23H,1,12H2,2-4H3/b21-13-/t23-/m0/s1. The Morgan fingerprint density at radius 1 is 1.23 bits per heavy atom. The van der Waals surface area contributed by atoms with Crippen molar-refractivity contribution in [1.29, 1.82) is 0 Å². The van der Waals surface area contributed by atoms with Crippen LogP contribution in [0.5, 0.6) is 11.5 Å². The Labute approximate surface area is 210 Å². The van der Waals surface area contributed by atoms with E-state index < -0.39 is 12.0 Å². The van der Waals surface area contributed by atoms with Crippen LogP contribution in [0.25, 0.3) is 6.08 Å². The smallest absolute Gasteiger partial charge is 0.338 e. The molecule has 0 amide bonds. The molecule has 0 fully saturated rings. The number of fused-ring (bicyclic) bond motifs is 1. The molecule has 1 aliphatic heterocycles. The molecule has 180 valence electrons. The van der Waals surface area contributed by atoms with Crippen molar-refractivity contribution >= 4 is 35.0 Å². The average molecular weight is 511 g/mol. The molecule has 0 radical (unpaired) electrons. The van der Waals surface area contributed by atoms with Crippen molar-refractivity contribution in [3.8, 4) is 11.5 Å². The number of rotatable bonds is 7. The Bertz CT molecular complexity index is 1520. The molecule has 1 aromatic heterocycles. The Morgan fingerprint density at radius 3 is 2.71 bits per heavy atom. The van der Waals surface area contributed by atoms with Gasteiger partial charge in [0.1, 0.15) is 24.1 Å². The summed E-state index contributed by atoms with van der Waals surface area (Å²) in [4.78, 5) is 31.6. The summed E-state index contributed by atoms with van der Waals surface area (Å²) in [6.07, 6.45) is 3.41. The molecule has 0 N–H and O–H groups in total. The first-order chi connectivity index (χ1) is 16.9. The number of ether oxygens (including phenoxy) is 3. The van der Waals surface area contributed by atoms with E-state index in [1.54, 1.807) is 37.3 Å². The van der Waals surface area contributed by atoms with Gasteiger partial charge in [-0.2, -0.15) is 0 Å². The fourth-order valence-electron chi connectivity index (χ4n) is 3.93. The van der Waals surface area contributed by atoms with E-state index in [0.717, 1.165) is 5.56 Å². The van der Waals surface area contributed by atoms with Gasteiger partial charge in [-0.3, -0.25) is 9.36 Å². The van der Waals surface area contributed by atoms with Crippen LogP contribution in [0.3, 0.4) is 0 Å². The molecular weight excluding hydrogens is 488 g/mol. The topological polar surface area (TPSA) is 79.1 Å². The lowest BCUT2D eigenvalue weighted by Gasteiger charge is -2.25. The average Bonchev–Trinajstić information content (AvgIpc) is 3.16. The van der Waals surface area contributed by atoms with Crippen LogP contribution in [0.2, 0.25) is 5.02 Å². The van der Waals surface area contributed by atoms with Gasteiger partial charge in [0.25, 0.3) is 5.56 Å². The zero-order valence-corrected chi connectivity index (χ0v) is 21.0. The molecule has 1 atom stereocenters. The molecule has 0 spiro atoms. The molecule has 0 aliphatic carbocycles. The maximum Gasteiger partial charge on any atom is 0.338 e. The molecule has 3 aromatic rings. The lowest BCUT2D eigenvalue weighted by molar-refractivity contribution is -0.136. The molecule has 35 heavy (non-hydrogen) atoms. The Morgan fingerprint density at radius 2 is 2.00 bits per heavy atom. The normalized spacial score (nSPS) is 15.3. The number of carbonyl (C=O) groups excluding carboxylic acids is 1. The number of hydrogen-bond acceptors (Lipinski definition) is 7. The monoisotopic (exact) mass is 510 g/mol. The number of aromatic nitrogens is 1. The van der Waals surface area contributed by atoms with Crippen molar-refractivity contribution in [2.75, 3.05) is 20.8 Å². The quantitative estimate of drug-likeness (QED) is 0.358. The largest absolute Gasteiger partial charge is 0.496 e. The van der Waals surface area contributed by atoms with Gasteiger partial charge in [-0.1, -0.05) is 53.8 Å². The Hall–Kier alpha value is -3.62. The second-order valence-corrected chi connectivity index (χ2v) is 9.04. The van der Waals surface area contributed by atoms with Gasteiger partial charge in [0.2, 0.25) is 0 Å². The third kappa shape index (κ3) is 4.67. The minimum absolute atomic E-state index is 0.238. The van der Waals surface area contributed by atoms with E-state index in [4.69, 9.17) is 25.8 Å². The second-order valence-electron chi connectivity index (χ2n) is 7.60. The minimum atomic E-state index is -0.832. The van der Waals surface area contributed by atoms with Crippen molar-refractivity contribution in [1.82, 2.24) is 4.57 Å². The van der Waals surface area contributed by atoms with Gasteiger partial charge in [-0.15, -0.1) is 0 Å². The van der Waals surface area contributed by atoms with Crippen LogP contribution < -0.4 is 24.4 Å². The number of carbonyl (C=O) groups is 1. The first-order valence-corrected chi connectivity index (χ1v) is 11.9. The zero-order valence-electron chi connectivity index (χ0n) is 19.4. The van der Waals surface area contributed by atoms with E-state index in [-0.39, 0.29) is 11.1 Å². The van der Waals surface area contributed by atoms with Gasteiger partial charge < -0.3 is 14.2 Å². The van der Waals surface area contributed by atoms with Crippen LogP contribution in [0, 0.1) is 0 Å². The third-order valence-corrected chi connectivity index (χ3v) is 6.69. The van der Waals surface area contributed by atoms with Gasteiger partial charge in [0, 0.05) is 16.1 Å². The van der Waals surface area contributed by atoms with Gasteiger partial charge in [-0.25, -0.2) is 9.79 Å². The summed E-state index contributed by atoms with van der Waals surface area (Å²) in [5, 5.41) is 0.440. The maximum absolute atomic E-state index is 13.8. The van der Waals surface area contributed by atoms with Crippen molar-refractivity contribution < 1.29 is 19.0 Å². The summed E-state index contributed by atoms with van der Waals surface area (Å²) in [6.45, 7) is 5.73. The molecule has 7 nitrogen and oxygen atoms in total. The van der Waals surface area contributed by atoms with E-state index in [0.29, 0.717) is 43.7 Å². The number of halogens is 1. The molecule has 1 aliphatic rings. The minimum Gasteiger partial charge on any atom is -0.496 e. The third-order valence-electron chi connectivity index (χ3n) is 5.48. The van der Waals surface area contributed by atoms with E-state index in [9.17, 15) is 9.59 Å². The maximum atomic E-state index is 13.8. The number of benzene rings is 2. The first-order valence-electron chi connectivity index (χ1n) is 10.7. The fourth-order valence-corrected chi connectivity index (χ4v) is 5.14. The molecular formula is C26H23ClN2O5S. The number of para-hydroxylation sites is 1. The van der Waals surface area contributed by atoms with Crippen molar-refractivity contribution in [2.24, 2.45) is 4.99 Å². The predicted molar refractivity (Wildman–Crippen MR) is 136 cm³/mol. The van der Waals surface area contributed by atoms with Crippen LogP contribution in [-0.2, 0) is 9.53 Å². The van der Waals surface area contributed by atoms with E-state index in [1.807, 2.05) is 24.3 Å². The highest BCUT2D eigenvalue weighted by molar-refractivity contribution is 7.07. The Kier molecular flexibility index (Phi) is 7.23. The van der Waals surface area contributed by atoms with Gasteiger partial charge >= 0.3 is 5.97 Å². The van der Waals surface area contributed by atoms with Gasteiger partial charge in [0.05, 0.1) is 30.0 Å². The van der Waals surface area contributed by atoms with Gasteiger partial charge in [-0.05, 0) is 37.3 Å². The summed E-state index contributed by atoms with van der Waals surface area (Å²) in [6, 6.07) is 11.6. The molecule has 2 heterocycles. The summed E-state index contributed by atoms with van der Waals surface area (Å²) in [5.74, 6) is 0.515. The molecule has 0 bridgehead atoms. The van der Waals surface area contributed by atoms with Crippen molar-refractivity contribution in [3.05, 3.63) is 102 Å². The lowest BCUT2D eigenvalue weighted by Crippen LogP contribution is -2.40. The molecule has 0 unspecified atom stereocenters. The summed E-state index contributed by atoms with van der Waals surface area (Å²) >= 11 is 7.53. The zero-order chi connectivity index (χ0) is 25.1. The SMILES string of the molecule is C=CCOc1ccccc1/C=c1\sc2n(c1=O)[C@@H](c1cc(Cl)ccc1OC)C(C(=O)OC)=C(C)N=2. The molecule has 0 saturated carbocycles. The summed E-state index contributed by atoms with van der Waals surface area (Å²) in [5.41, 5.74) is 1.67. The highest BCUT2D eigenvalue weighted by Gasteiger charge is 2.35. The highest BCUT2D eigenvalue weighted by Crippen LogP contribution is 2.37. The van der Waals surface area contributed by atoms with Crippen molar-refractivity contribution in [2.45, 2.75) is 13.0 Å². The predicted octanol–water partition coefficient (Wildman–Crippen LogP) is 3.64. The van der Waals surface area contributed by atoms with E-state index in [2.05, 4.69) is 11.6 Å². The number of thiazole rings is 1. The Balaban J connectivity index is 1.99. The second kappa shape index (κ2) is 10.3. The first kappa shape index (κ1) is 24.5. The number of hydrogen-bond donors (Lipinski definition) is 0. The van der Waals surface area contributed by atoms with Crippen molar-refractivity contribution in [3.63, 3.8) is 0 Å². The lowest BCUT2D eigenvalue weighted by atomic mass is 9.95. The van der Waals surface area contributed by atoms with Crippen LogP contribution in [0.1, 0.15) is 24.1 Å². The van der Waals surface area contributed by atoms with Gasteiger partial charge in [0.15, 0.2) is 4.80 Å². The van der Waals surface area contributed by atoms with Crippen LogP contribution in [0.15, 0.2) is 76.2 Å². The summed E-state index contributed by atoms with van der Waals surface area (Å²) in [7, 11) is 2.81. The number of esters is 1. The number of allylic oxidation sites excluding steroid dienone is 1. The highest BCUT2D eigenvalue weighted by atomic mass is 35.5. The van der Waals surface area contributed by atoms with Crippen LogP contribution >= 0.6 is 22.9 Å². The summed E-state index contributed by atoms with van der Waals surface area (Å²) < 4.78 is 18.3. The van der Waals surface area contributed by atoms with Crippen LogP contribution in [0.4, 0.5) is 0 Å². The molecule has 0 saturated heterocycles. The number of methoxy groups -OCH3 is 2. The van der Waals surface area contributed by atoms with Crippen LogP contribution in [-0.4, -0.2) is 31.4 Å². The molecule has 9 heteroatoms. The van der Waals surface area contributed by atoms with E-state index >= 15 is 0 Å². The molecule has 2 aromatic carbocycles. The number of nitrogens with zero attached hydrogens (tertiary/aromatic N) is 2. The van der Waals surface area contributed by atoms with E-state index in [1.165, 1.54) is 30.1 Å². The molecule has 4 rings (SSSR count). The fraction of sp³-hybridized carbons (Fsp3) is 0.192.